The summed E-state index contributed by atoms with van der Waals surface area (Å²) >= 11 is 1.58. The molecule has 0 radical (unpaired) electrons. The molecule has 6 heteroatoms. The van der Waals surface area contributed by atoms with Gasteiger partial charge in [0.1, 0.15) is 15.8 Å². The molecule has 100 valence electrons. The molecule has 2 heterocycles. The van der Waals surface area contributed by atoms with Crippen LogP contribution in [0.25, 0.3) is 10.6 Å². The maximum Gasteiger partial charge on any atom is 0.147 e. The largest absolute Gasteiger partial charge is 0.314 e. The van der Waals surface area contributed by atoms with Crippen LogP contribution >= 0.6 is 11.3 Å². The lowest BCUT2D eigenvalue weighted by Gasteiger charge is -2.25. The van der Waals surface area contributed by atoms with Crippen molar-refractivity contribution < 1.29 is 4.39 Å². The predicted molar refractivity (Wildman–Crippen MR) is 73.4 cm³/mol. The van der Waals surface area contributed by atoms with Crippen LogP contribution in [0.1, 0.15) is 5.01 Å². The van der Waals surface area contributed by atoms with Gasteiger partial charge in [-0.25, -0.2) is 4.39 Å². The Balaban J connectivity index is 1.70. The quantitative estimate of drug-likeness (QED) is 0.928. The van der Waals surface area contributed by atoms with Crippen LogP contribution in [0.4, 0.5) is 4.39 Å². The van der Waals surface area contributed by atoms with Crippen LogP contribution in [0, 0.1) is 5.82 Å². The zero-order valence-corrected chi connectivity index (χ0v) is 11.3. The van der Waals surface area contributed by atoms with Gasteiger partial charge in [0.25, 0.3) is 0 Å². The molecule has 0 atom stereocenters. The number of hydrogen-bond acceptors (Lipinski definition) is 5. The van der Waals surface area contributed by atoms with Gasteiger partial charge in [0.05, 0.1) is 6.54 Å². The summed E-state index contributed by atoms with van der Waals surface area (Å²) in [6.45, 7) is 5.00. The highest BCUT2D eigenvalue weighted by Gasteiger charge is 2.13. The van der Waals surface area contributed by atoms with Gasteiger partial charge in [0.2, 0.25) is 0 Å². The van der Waals surface area contributed by atoms with Crippen molar-refractivity contribution in [3.05, 3.63) is 35.1 Å². The number of rotatable bonds is 3. The number of piperazine rings is 1. The van der Waals surface area contributed by atoms with E-state index in [0.717, 1.165) is 48.3 Å². The van der Waals surface area contributed by atoms with Crippen molar-refractivity contribution in [2.24, 2.45) is 0 Å². The fourth-order valence-corrected chi connectivity index (χ4v) is 2.97. The minimum atomic E-state index is -0.227. The summed E-state index contributed by atoms with van der Waals surface area (Å²) < 4.78 is 12.9. The predicted octanol–water partition coefficient (Wildman–Crippen LogP) is 1.75. The van der Waals surface area contributed by atoms with Gasteiger partial charge in [0, 0.05) is 31.7 Å². The second-order valence-electron chi connectivity index (χ2n) is 4.53. The molecule has 0 amide bonds. The average molecular weight is 278 g/mol. The van der Waals surface area contributed by atoms with Crippen LogP contribution in [0.2, 0.25) is 0 Å². The first-order chi connectivity index (χ1) is 9.31. The van der Waals surface area contributed by atoms with E-state index in [1.54, 1.807) is 23.5 Å². The van der Waals surface area contributed by atoms with E-state index in [-0.39, 0.29) is 5.82 Å². The number of nitrogens with one attached hydrogen (secondary N) is 1. The molecule has 1 aliphatic rings. The zero-order chi connectivity index (χ0) is 13.1. The maximum atomic E-state index is 12.9. The first-order valence-corrected chi connectivity index (χ1v) is 7.14. The molecule has 4 nitrogen and oxygen atoms in total. The Morgan fingerprint density at radius 1 is 1.16 bits per heavy atom. The third kappa shape index (κ3) is 3.15. The van der Waals surface area contributed by atoms with Crippen LogP contribution in [0.15, 0.2) is 24.3 Å². The third-order valence-corrected chi connectivity index (χ3v) is 4.08. The molecule has 0 spiro atoms. The lowest BCUT2D eigenvalue weighted by Crippen LogP contribution is -2.42. The first kappa shape index (κ1) is 12.7. The van der Waals surface area contributed by atoms with Gasteiger partial charge in [0.15, 0.2) is 0 Å². The number of benzene rings is 1. The van der Waals surface area contributed by atoms with Gasteiger partial charge in [-0.2, -0.15) is 0 Å². The number of halogens is 1. The Morgan fingerprint density at radius 2 is 1.89 bits per heavy atom. The molecule has 19 heavy (non-hydrogen) atoms. The van der Waals surface area contributed by atoms with Crippen LogP contribution in [0.3, 0.4) is 0 Å². The Labute approximate surface area is 115 Å². The van der Waals surface area contributed by atoms with Crippen molar-refractivity contribution in [3.63, 3.8) is 0 Å². The Morgan fingerprint density at radius 3 is 2.63 bits per heavy atom. The summed E-state index contributed by atoms with van der Waals surface area (Å²) in [6, 6.07) is 6.38. The van der Waals surface area contributed by atoms with E-state index in [9.17, 15) is 4.39 Å². The molecule has 2 aromatic rings. The van der Waals surface area contributed by atoms with Gasteiger partial charge in [-0.05, 0) is 24.3 Å². The molecule has 3 rings (SSSR count). The van der Waals surface area contributed by atoms with E-state index in [1.165, 1.54) is 12.1 Å². The molecule has 1 aromatic carbocycles. The van der Waals surface area contributed by atoms with Crippen molar-refractivity contribution in [1.29, 1.82) is 0 Å². The van der Waals surface area contributed by atoms with Crippen molar-refractivity contribution in [2.75, 3.05) is 26.2 Å². The monoisotopic (exact) mass is 278 g/mol. The lowest BCUT2D eigenvalue weighted by molar-refractivity contribution is 0.232. The first-order valence-electron chi connectivity index (χ1n) is 6.33. The standard InChI is InChI=1S/C13H15FN4S/c14-11-3-1-10(2-4-11)13-17-16-12(19-13)9-18-7-5-15-6-8-18/h1-4,15H,5-9H2. The molecule has 0 aliphatic carbocycles. The lowest BCUT2D eigenvalue weighted by atomic mass is 10.2. The van der Waals surface area contributed by atoms with Crippen molar-refractivity contribution >= 4 is 11.3 Å². The van der Waals surface area contributed by atoms with E-state index < -0.39 is 0 Å². The number of aromatic nitrogens is 2. The van der Waals surface area contributed by atoms with Gasteiger partial charge < -0.3 is 5.32 Å². The molecule has 0 unspecified atom stereocenters. The Bertz CT molecular complexity index is 534. The Hall–Kier alpha value is -1.37. The molecule has 1 fully saturated rings. The fourth-order valence-electron chi connectivity index (χ4n) is 2.09. The normalized spacial score (nSPS) is 16.7. The summed E-state index contributed by atoms with van der Waals surface area (Å²) in [5, 5.41) is 13.6. The van der Waals surface area contributed by atoms with Crippen LogP contribution < -0.4 is 5.32 Å². The second-order valence-corrected chi connectivity index (χ2v) is 5.60. The summed E-state index contributed by atoms with van der Waals surface area (Å²) in [5.41, 5.74) is 0.922. The van der Waals surface area contributed by atoms with Crippen molar-refractivity contribution in [2.45, 2.75) is 6.54 Å². The van der Waals surface area contributed by atoms with Crippen LogP contribution in [-0.4, -0.2) is 41.3 Å². The SMILES string of the molecule is Fc1ccc(-c2nnc(CN3CCNCC3)s2)cc1. The Kier molecular flexibility index (Phi) is 3.82. The molecule has 1 aliphatic heterocycles. The highest BCUT2D eigenvalue weighted by atomic mass is 32.1. The second kappa shape index (κ2) is 5.73. The highest BCUT2D eigenvalue weighted by molar-refractivity contribution is 7.14. The zero-order valence-electron chi connectivity index (χ0n) is 10.5. The minimum Gasteiger partial charge on any atom is -0.314 e. The van der Waals surface area contributed by atoms with E-state index in [4.69, 9.17) is 0 Å². The minimum absolute atomic E-state index is 0.227. The molecule has 0 bridgehead atoms. The summed E-state index contributed by atoms with van der Waals surface area (Å²) in [5.74, 6) is -0.227. The fraction of sp³-hybridized carbons (Fsp3) is 0.385. The van der Waals surface area contributed by atoms with Crippen LogP contribution in [0.5, 0.6) is 0 Å². The van der Waals surface area contributed by atoms with Crippen LogP contribution in [-0.2, 0) is 6.54 Å². The average Bonchev–Trinajstić information content (AvgIpc) is 2.89. The molecular formula is C13H15FN4S. The van der Waals surface area contributed by atoms with Crippen molar-refractivity contribution in [1.82, 2.24) is 20.4 Å². The maximum absolute atomic E-state index is 12.9. The smallest absolute Gasteiger partial charge is 0.147 e. The van der Waals surface area contributed by atoms with Crippen molar-refractivity contribution in [3.8, 4) is 10.6 Å². The van der Waals surface area contributed by atoms with Gasteiger partial charge >= 0.3 is 0 Å². The van der Waals surface area contributed by atoms with E-state index in [0.29, 0.717) is 0 Å². The topological polar surface area (TPSA) is 41.1 Å². The molecule has 1 N–H and O–H groups in total. The third-order valence-electron chi connectivity index (χ3n) is 3.13. The van der Waals surface area contributed by atoms with Gasteiger partial charge in [-0.1, -0.05) is 11.3 Å². The number of nitrogens with zero attached hydrogens (tertiary/aromatic N) is 3. The summed E-state index contributed by atoms with van der Waals surface area (Å²) in [7, 11) is 0. The van der Waals surface area contributed by atoms with E-state index >= 15 is 0 Å². The summed E-state index contributed by atoms with van der Waals surface area (Å²) in [4.78, 5) is 2.37. The molecular weight excluding hydrogens is 263 g/mol. The molecule has 1 aromatic heterocycles. The van der Waals surface area contributed by atoms with Gasteiger partial charge in [-0.3, -0.25) is 4.90 Å². The number of hydrogen-bond donors (Lipinski definition) is 1. The summed E-state index contributed by atoms with van der Waals surface area (Å²) in [6.07, 6.45) is 0. The molecule has 0 saturated carbocycles. The van der Waals surface area contributed by atoms with E-state index in [1.807, 2.05) is 0 Å². The van der Waals surface area contributed by atoms with Gasteiger partial charge in [-0.15, -0.1) is 10.2 Å². The molecule has 1 saturated heterocycles. The van der Waals surface area contributed by atoms with E-state index in [2.05, 4.69) is 20.4 Å². The highest BCUT2D eigenvalue weighted by Crippen LogP contribution is 2.24.